The number of hydrogen-bond acceptors (Lipinski definition) is 10. The first-order valence-electron chi connectivity index (χ1n) is 11.9. The number of hydrogen-bond donors (Lipinski definition) is 4. The smallest absolute Gasteiger partial charge is 0.526 e. The van der Waals surface area contributed by atoms with Crippen molar-refractivity contribution < 1.29 is 38.8 Å². The van der Waals surface area contributed by atoms with Gasteiger partial charge in [0.1, 0.15) is 17.4 Å². The molecular weight excluding hydrogens is 517 g/mol. The van der Waals surface area contributed by atoms with Crippen LogP contribution in [-0.4, -0.2) is 81.3 Å². The highest BCUT2D eigenvalue weighted by atomic mass is 32.1. The number of Topliss-reactive ketones (excluding diaryl/α,β-unsaturated/α-hetero) is 1. The Morgan fingerprint density at radius 2 is 2.03 bits per heavy atom. The number of fused-ring (bicyclic) bond motifs is 1. The fourth-order valence-corrected chi connectivity index (χ4v) is 5.15. The molecular formula is C23H26BN5O8S. The lowest BCUT2D eigenvalue weighted by molar-refractivity contribution is -0.153. The molecule has 5 N–H and O–H groups in total. The number of urea groups is 1. The van der Waals surface area contributed by atoms with Crippen LogP contribution in [0.2, 0.25) is 5.82 Å². The van der Waals surface area contributed by atoms with Gasteiger partial charge in [-0.05, 0) is 31.4 Å². The lowest BCUT2D eigenvalue weighted by Crippen LogP contribution is -2.58. The number of carbonyl (C=O) groups excluding carboxylic acids is 4. The number of nitrogen functional groups attached to an aromatic ring is 1. The van der Waals surface area contributed by atoms with Crippen molar-refractivity contribution in [1.82, 2.24) is 20.1 Å². The molecule has 3 heterocycles. The van der Waals surface area contributed by atoms with Crippen LogP contribution in [0.4, 0.5) is 9.93 Å². The van der Waals surface area contributed by atoms with Crippen LogP contribution >= 0.6 is 11.3 Å². The fourth-order valence-electron chi connectivity index (χ4n) is 4.56. The molecule has 0 saturated carbocycles. The predicted octanol–water partition coefficient (Wildman–Crippen LogP) is 0.618. The van der Waals surface area contributed by atoms with Crippen LogP contribution in [0.15, 0.2) is 17.5 Å². The van der Waals surface area contributed by atoms with E-state index in [4.69, 9.17) is 10.4 Å². The third kappa shape index (κ3) is 5.20. The number of anilines is 1. The van der Waals surface area contributed by atoms with E-state index in [9.17, 15) is 34.1 Å². The number of aryl methyl sites for hydroxylation is 1. The van der Waals surface area contributed by atoms with Crippen molar-refractivity contribution >= 4 is 53.2 Å². The normalized spacial score (nSPS) is 18.1. The number of likely N-dealkylation sites (N-methyl/N-ethyl adjacent to an activating group) is 1. The summed E-state index contributed by atoms with van der Waals surface area (Å²) in [5.41, 5.74) is 6.81. The van der Waals surface area contributed by atoms with Crippen LogP contribution in [0, 0.1) is 6.92 Å². The summed E-state index contributed by atoms with van der Waals surface area (Å²) in [4.78, 5) is 69.0. The number of nitrogens with two attached hydrogens (primary N) is 1. The average molecular weight is 543 g/mol. The van der Waals surface area contributed by atoms with Crippen LogP contribution in [0.5, 0.6) is 5.75 Å². The highest BCUT2D eigenvalue weighted by Gasteiger charge is 2.41. The second kappa shape index (κ2) is 10.8. The number of nitrogens with zero attached hydrogens (tertiary/aromatic N) is 3. The number of carboxylic acids is 1. The molecule has 38 heavy (non-hydrogen) atoms. The van der Waals surface area contributed by atoms with E-state index in [1.54, 1.807) is 26.0 Å². The summed E-state index contributed by atoms with van der Waals surface area (Å²) in [6.45, 7) is 3.78. The molecule has 2 aromatic rings. The minimum atomic E-state index is -1.48. The number of benzene rings is 1. The fraction of sp³-hybridized carbons (Fsp3) is 0.391. The van der Waals surface area contributed by atoms with E-state index >= 15 is 0 Å². The number of imide groups is 1. The summed E-state index contributed by atoms with van der Waals surface area (Å²) in [5.74, 6) is -4.26. The Morgan fingerprint density at radius 3 is 2.66 bits per heavy atom. The molecule has 2 atom stereocenters. The summed E-state index contributed by atoms with van der Waals surface area (Å²) in [6, 6.07) is 1.06. The first-order chi connectivity index (χ1) is 18.0. The van der Waals surface area contributed by atoms with Crippen LogP contribution in [-0.2, 0) is 20.8 Å². The van der Waals surface area contributed by atoms with E-state index in [1.807, 2.05) is 0 Å². The number of ketones is 1. The van der Waals surface area contributed by atoms with Crippen molar-refractivity contribution in [2.24, 2.45) is 0 Å². The molecule has 1 saturated heterocycles. The van der Waals surface area contributed by atoms with E-state index in [-0.39, 0.29) is 48.1 Å². The average Bonchev–Trinajstić information content (AvgIpc) is 3.30. The molecule has 0 spiro atoms. The van der Waals surface area contributed by atoms with Gasteiger partial charge in [0.15, 0.2) is 10.9 Å². The zero-order valence-corrected chi connectivity index (χ0v) is 21.5. The summed E-state index contributed by atoms with van der Waals surface area (Å²) in [6.07, 6.45) is -0.121. The molecule has 0 aliphatic carbocycles. The van der Waals surface area contributed by atoms with Gasteiger partial charge in [-0.25, -0.2) is 14.6 Å². The largest absolute Gasteiger partial charge is 0.535 e. The Balaban J connectivity index is 1.54. The molecule has 13 nitrogen and oxygen atoms in total. The van der Waals surface area contributed by atoms with Gasteiger partial charge >= 0.3 is 30.9 Å². The van der Waals surface area contributed by atoms with Crippen LogP contribution in [0.3, 0.4) is 0 Å². The van der Waals surface area contributed by atoms with Crippen LogP contribution in [0.25, 0.3) is 0 Å². The zero-order chi connectivity index (χ0) is 27.7. The van der Waals surface area contributed by atoms with E-state index in [0.29, 0.717) is 17.7 Å². The molecule has 4 amide bonds. The van der Waals surface area contributed by atoms with Gasteiger partial charge < -0.3 is 30.7 Å². The number of nitrogens with one attached hydrogen (secondary N) is 1. The van der Waals surface area contributed by atoms with Gasteiger partial charge in [0, 0.05) is 37.3 Å². The standard InChI is InChI=1S/C23H26BN5O8S/c1-3-28-6-7-29(20(32)19(28)31)23(35)27-17(14-10-38-22(25)26-14)15(30)9-13-8-12-5-4-11(2)16(21(33)34)18(12)37-24(13)36/h4-5,10,13,17,36H,3,6-9H2,1-2H3,(H2,25,26)(H,27,35)(H,33,34)/t13-,17?/m1/s1. The predicted molar refractivity (Wildman–Crippen MR) is 136 cm³/mol. The second-order valence-electron chi connectivity index (χ2n) is 9.03. The van der Waals surface area contributed by atoms with Gasteiger partial charge in [-0.3, -0.25) is 19.3 Å². The summed E-state index contributed by atoms with van der Waals surface area (Å²) in [5, 5.41) is 24.3. The SMILES string of the molecule is CCN1CCN(C(=O)NC(C(=O)C[C@H]2Cc3ccc(C)c(C(=O)O)c3OB2O)c2csc(N)n2)C(=O)C1=O. The molecule has 2 aliphatic rings. The van der Waals surface area contributed by atoms with Gasteiger partial charge in [-0.15, -0.1) is 11.3 Å². The second-order valence-corrected chi connectivity index (χ2v) is 9.92. The lowest BCUT2D eigenvalue weighted by Gasteiger charge is -2.33. The molecule has 200 valence electrons. The summed E-state index contributed by atoms with van der Waals surface area (Å²) in [7, 11) is -1.48. The minimum absolute atomic E-state index is 0.0400. The van der Waals surface area contributed by atoms with Crippen molar-refractivity contribution in [2.45, 2.75) is 38.5 Å². The Labute approximate surface area is 221 Å². The maximum absolute atomic E-state index is 13.4. The Bertz CT molecular complexity index is 1320. The third-order valence-corrected chi connectivity index (χ3v) is 7.30. The number of thiazole rings is 1. The van der Waals surface area contributed by atoms with Gasteiger partial charge in [0.2, 0.25) is 0 Å². The van der Waals surface area contributed by atoms with Gasteiger partial charge in [0.25, 0.3) is 0 Å². The summed E-state index contributed by atoms with van der Waals surface area (Å²) < 4.78 is 5.54. The van der Waals surface area contributed by atoms with Crippen LogP contribution in [0.1, 0.15) is 46.6 Å². The number of piperazine rings is 1. The molecule has 0 bridgehead atoms. The van der Waals surface area contributed by atoms with Crippen molar-refractivity contribution in [3.05, 3.63) is 39.9 Å². The molecule has 1 fully saturated rings. The van der Waals surface area contributed by atoms with Gasteiger partial charge in [-0.1, -0.05) is 12.1 Å². The monoisotopic (exact) mass is 543 g/mol. The maximum Gasteiger partial charge on any atom is 0.526 e. The van der Waals surface area contributed by atoms with E-state index in [0.717, 1.165) is 16.2 Å². The number of carboxylic acid groups (broad SMARTS) is 1. The number of aromatic carboxylic acids is 1. The molecule has 15 heteroatoms. The van der Waals surface area contributed by atoms with Gasteiger partial charge in [-0.2, -0.15) is 0 Å². The number of amides is 4. The maximum atomic E-state index is 13.4. The highest BCUT2D eigenvalue weighted by Crippen LogP contribution is 2.38. The van der Waals surface area contributed by atoms with Crippen LogP contribution < -0.4 is 15.7 Å². The molecule has 1 aromatic heterocycles. The van der Waals surface area contributed by atoms with E-state index in [2.05, 4.69) is 10.3 Å². The third-order valence-electron chi connectivity index (χ3n) is 6.61. The van der Waals surface area contributed by atoms with Crippen molar-refractivity contribution in [3.8, 4) is 5.75 Å². The zero-order valence-electron chi connectivity index (χ0n) is 20.7. The van der Waals surface area contributed by atoms with E-state index < -0.39 is 48.6 Å². The number of aromatic nitrogens is 1. The van der Waals surface area contributed by atoms with Crippen molar-refractivity contribution in [3.63, 3.8) is 0 Å². The molecule has 2 aliphatic heterocycles. The molecule has 1 aromatic carbocycles. The Morgan fingerprint density at radius 1 is 1.29 bits per heavy atom. The minimum Gasteiger partial charge on any atom is -0.535 e. The molecule has 4 rings (SSSR count). The topological polar surface area (TPSA) is 192 Å². The number of carbonyl (C=O) groups is 5. The van der Waals surface area contributed by atoms with E-state index in [1.165, 1.54) is 10.3 Å². The van der Waals surface area contributed by atoms with Gasteiger partial charge in [0.05, 0.1) is 5.69 Å². The van der Waals surface area contributed by atoms with Crippen molar-refractivity contribution in [2.75, 3.05) is 25.4 Å². The number of rotatable bonds is 7. The first kappa shape index (κ1) is 27.1. The highest BCUT2D eigenvalue weighted by molar-refractivity contribution is 7.13. The van der Waals surface area contributed by atoms with Crippen molar-refractivity contribution in [1.29, 1.82) is 0 Å². The molecule has 1 unspecified atom stereocenters. The summed E-state index contributed by atoms with van der Waals surface area (Å²) >= 11 is 1.05. The Hall–Kier alpha value is -3.98. The Kier molecular flexibility index (Phi) is 7.69. The molecule has 0 radical (unpaired) electrons. The first-order valence-corrected chi connectivity index (χ1v) is 12.7. The lowest BCUT2D eigenvalue weighted by atomic mass is 9.64. The quantitative estimate of drug-likeness (QED) is 0.284.